The van der Waals surface area contributed by atoms with Crippen molar-refractivity contribution in [2.24, 2.45) is 0 Å². The second-order valence-electron chi connectivity index (χ2n) is 6.29. The molecule has 3 rings (SSSR count). The molecule has 2 aromatic rings. The fourth-order valence-electron chi connectivity index (χ4n) is 3.31. The first-order valence-corrected chi connectivity index (χ1v) is 8.28. The first kappa shape index (κ1) is 16.4. The summed E-state index contributed by atoms with van der Waals surface area (Å²) < 4.78 is 13.3. The molecule has 1 amide bonds. The number of carbonyl (C=O) groups excluding carboxylic acids is 1. The highest BCUT2D eigenvalue weighted by atomic mass is 19.1. The van der Waals surface area contributed by atoms with E-state index in [0.717, 1.165) is 41.9 Å². The highest BCUT2D eigenvalue weighted by Crippen LogP contribution is 2.29. The third kappa shape index (κ3) is 3.55. The molecule has 1 saturated heterocycles. The van der Waals surface area contributed by atoms with Crippen LogP contribution in [0.1, 0.15) is 25.3 Å². The fraction of sp³-hybridized carbons (Fsp3) is 0.368. The van der Waals surface area contributed by atoms with Crippen molar-refractivity contribution < 1.29 is 9.18 Å². The third-order valence-corrected chi connectivity index (χ3v) is 4.50. The van der Waals surface area contributed by atoms with Crippen molar-refractivity contribution in [1.29, 1.82) is 0 Å². The number of benzene rings is 1. The molecule has 2 heterocycles. The molecule has 1 fully saturated rings. The fourth-order valence-corrected chi connectivity index (χ4v) is 3.31. The summed E-state index contributed by atoms with van der Waals surface area (Å²) >= 11 is 0. The molecule has 0 aliphatic carbocycles. The van der Waals surface area contributed by atoms with Crippen LogP contribution in [-0.2, 0) is 4.79 Å². The highest BCUT2D eigenvalue weighted by Gasteiger charge is 2.25. The van der Waals surface area contributed by atoms with Crippen LogP contribution in [0.3, 0.4) is 0 Å². The van der Waals surface area contributed by atoms with Crippen molar-refractivity contribution in [2.75, 3.05) is 18.0 Å². The maximum Gasteiger partial charge on any atom is 0.216 e. The zero-order chi connectivity index (χ0) is 17.1. The number of aryl methyl sites for hydroxylation is 1. The molecule has 1 aromatic heterocycles. The molecule has 4 nitrogen and oxygen atoms in total. The van der Waals surface area contributed by atoms with E-state index in [1.807, 2.05) is 25.1 Å². The monoisotopic (exact) mass is 327 g/mol. The molecular weight excluding hydrogens is 305 g/mol. The molecule has 1 N–H and O–H groups in total. The maximum absolute atomic E-state index is 13.3. The van der Waals surface area contributed by atoms with E-state index in [1.54, 1.807) is 12.3 Å². The summed E-state index contributed by atoms with van der Waals surface area (Å²) in [5.74, 6) is 0.676. The Morgan fingerprint density at radius 3 is 2.96 bits per heavy atom. The van der Waals surface area contributed by atoms with Gasteiger partial charge in [-0.15, -0.1) is 0 Å². The van der Waals surface area contributed by atoms with Crippen molar-refractivity contribution in [1.82, 2.24) is 10.3 Å². The molecule has 1 aliphatic rings. The SMILES string of the molecule is CC(=O)NCC1CCCN1c1cc(-c2ccc(F)cc2C)ccn1. The number of aromatic nitrogens is 1. The first-order valence-electron chi connectivity index (χ1n) is 8.28. The number of nitrogens with zero attached hydrogens (tertiary/aromatic N) is 2. The predicted octanol–water partition coefficient (Wildman–Crippen LogP) is 3.30. The molecule has 24 heavy (non-hydrogen) atoms. The lowest BCUT2D eigenvalue weighted by molar-refractivity contribution is -0.119. The van der Waals surface area contributed by atoms with Crippen LogP contribution in [0.25, 0.3) is 11.1 Å². The number of carbonyl (C=O) groups is 1. The molecule has 0 spiro atoms. The van der Waals surface area contributed by atoms with E-state index in [0.29, 0.717) is 6.54 Å². The van der Waals surface area contributed by atoms with Gasteiger partial charge >= 0.3 is 0 Å². The zero-order valence-electron chi connectivity index (χ0n) is 14.1. The van der Waals surface area contributed by atoms with Gasteiger partial charge in [-0.2, -0.15) is 0 Å². The molecule has 1 aromatic carbocycles. The summed E-state index contributed by atoms with van der Waals surface area (Å²) in [4.78, 5) is 17.9. The molecule has 1 unspecified atom stereocenters. The van der Waals surface area contributed by atoms with Crippen LogP contribution in [-0.4, -0.2) is 30.0 Å². The zero-order valence-corrected chi connectivity index (χ0v) is 14.1. The molecule has 1 aliphatic heterocycles. The minimum absolute atomic E-state index is 0.00880. The lowest BCUT2D eigenvalue weighted by atomic mass is 10.0. The van der Waals surface area contributed by atoms with Crippen LogP contribution < -0.4 is 10.2 Å². The molecule has 0 radical (unpaired) electrons. The molecule has 5 heteroatoms. The van der Waals surface area contributed by atoms with Gasteiger partial charge in [0.25, 0.3) is 0 Å². The first-order chi connectivity index (χ1) is 11.5. The quantitative estimate of drug-likeness (QED) is 0.937. The molecule has 0 saturated carbocycles. The largest absolute Gasteiger partial charge is 0.354 e. The Morgan fingerprint density at radius 2 is 2.21 bits per heavy atom. The van der Waals surface area contributed by atoms with Crippen LogP contribution in [0.5, 0.6) is 0 Å². The van der Waals surface area contributed by atoms with Crippen molar-refractivity contribution in [3.8, 4) is 11.1 Å². The summed E-state index contributed by atoms with van der Waals surface area (Å²) in [6, 6.07) is 9.10. The standard InChI is InChI=1S/C19H22FN3O/c1-13-10-16(20)5-6-18(13)15-7-8-21-19(11-15)23-9-3-4-17(23)12-22-14(2)24/h5-8,10-11,17H,3-4,9,12H2,1-2H3,(H,22,24). The summed E-state index contributed by atoms with van der Waals surface area (Å²) in [6.07, 6.45) is 3.93. The van der Waals surface area contributed by atoms with Crippen LogP contribution in [0.2, 0.25) is 0 Å². The Labute approximate surface area is 141 Å². The average Bonchev–Trinajstić information content (AvgIpc) is 3.01. The van der Waals surface area contributed by atoms with Gasteiger partial charge in [0.05, 0.1) is 0 Å². The summed E-state index contributed by atoms with van der Waals surface area (Å²) in [7, 11) is 0. The number of pyridine rings is 1. The normalized spacial score (nSPS) is 17.1. The Balaban J connectivity index is 1.85. The number of anilines is 1. The van der Waals surface area contributed by atoms with E-state index in [2.05, 4.69) is 15.2 Å². The summed E-state index contributed by atoms with van der Waals surface area (Å²) in [5.41, 5.74) is 2.95. The van der Waals surface area contributed by atoms with Gasteiger partial charge in [0, 0.05) is 32.3 Å². The number of hydrogen-bond donors (Lipinski definition) is 1. The predicted molar refractivity (Wildman–Crippen MR) is 93.4 cm³/mol. The van der Waals surface area contributed by atoms with E-state index in [1.165, 1.54) is 13.0 Å². The lowest BCUT2D eigenvalue weighted by Crippen LogP contribution is -2.39. The third-order valence-electron chi connectivity index (χ3n) is 4.50. The van der Waals surface area contributed by atoms with Gasteiger partial charge in [0.1, 0.15) is 11.6 Å². The number of hydrogen-bond acceptors (Lipinski definition) is 3. The van der Waals surface area contributed by atoms with Crippen molar-refractivity contribution in [3.63, 3.8) is 0 Å². The Hall–Kier alpha value is -2.43. The van der Waals surface area contributed by atoms with Gasteiger partial charge in [0.15, 0.2) is 0 Å². The average molecular weight is 327 g/mol. The summed E-state index contributed by atoms with van der Waals surface area (Å²) in [6.45, 7) is 5.02. The van der Waals surface area contributed by atoms with Gasteiger partial charge in [-0.25, -0.2) is 9.37 Å². The highest BCUT2D eigenvalue weighted by molar-refractivity contribution is 5.73. The van der Waals surface area contributed by atoms with Gasteiger partial charge in [-0.05, 0) is 60.7 Å². The Bertz CT molecular complexity index is 747. The number of nitrogens with one attached hydrogen (secondary N) is 1. The Morgan fingerprint density at radius 1 is 1.38 bits per heavy atom. The molecule has 0 bridgehead atoms. The van der Waals surface area contributed by atoms with E-state index < -0.39 is 0 Å². The van der Waals surface area contributed by atoms with Gasteiger partial charge < -0.3 is 10.2 Å². The molecule has 1 atom stereocenters. The van der Waals surface area contributed by atoms with Crippen LogP contribution >= 0.6 is 0 Å². The van der Waals surface area contributed by atoms with Crippen molar-refractivity contribution in [3.05, 3.63) is 47.9 Å². The second kappa shape index (κ2) is 6.99. The van der Waals surface area contributed by atoms with E-state index in [-0.39, 0.29) is 17.8 Å². The van der Waals surface area contributed by atoms with Crippen molar-refractivity contribution >= 4 is 11.7 Å². The van der Waals surface area contributed by atoms with E-state index >= 15 is 0 Å². The Kier molecular flexibility index (Phi) is 4.79. The number of halogens is 1. The number of amides is 1. The minimum atomic E-state index is -0.222. The molecule has 126 valence electrons. The van der Waals surface area contributed by atoms with Gasteiger partial charge in [-0.3, -0.25) is 4.79 Å². The lowest BCUT2D eigenvalue weighted by Gasteiger charge is -2.26. The smallest absolute Gasteiger partial charge is 0.216 e. The topological polar surface area (TPSA) is 45.2 Å². The van der Waals surface area contributed by atoms with E-state index in [4.69, 9.17) is 0 Å². The van der Waals surface area contributed by atoms with E-state index in [9.17, 15) is 9.18 Å². The van der Waals surface area contributed by atoms with Crippen LogP contribution in [0.4, 0.5) is 10.2 Å². The second-order valence-corrected chi connectivity index (χ2v) is 6.29. The number of rotatable bonds is 4. The maximum atomic E-state index is 13.3. The van der Waals surface area contributed by atoms with Gasteiger partial charge in [0.2, 0.25) is 5.91 Å². The minimum Gasteiger partial charge on any atom is -0.354 e. The van der Waals surface area contributed by atoms with Crippen LogP contribution in [0.15, 0.2) is 36.5 Å². The van der Waals surface area contributed by atoms with Crippen molar-refractivity contribution in [2.45, 2.75) is 32.7 Å². The molecular formula is C19H22FN3O. The van der Waals surface area contributed by atoms with Crippen LogP contribution in [0, 0.1) is 12.7 Å². The summed E-state index contributed by atoms with van der Waals surface area (Å²) in [5, 5.41) is 2.90. The van der Waals surface area contributed by atoms with Gasteiger partial charge in [-0.1, -0.05) is 6.07 Å².